The summed E-state index contributed by atoms with van der Waals surface area (Å²) >= 11 is 0. The van der Waals surface area contributed by atoms with Crippen molar-refractivity contribution in [1.29, 1.82) is 0 Å². The van der Waals surface area contributed by atoms with E-state index in [4.69, 9.17) is 5.73 Å². The van der Waals surface area contributed by atoms with Crippen LogP contribution in [0.15, 0.2) is 12.7 Å². The molecule has 1 amide bonds. The molecule has 2 atom stereocenters. The highest BCUT2D eigenvalue weighted by Gasteiger charge is 2.31. The van der Waals surface area contributed by atoms with E-state index in [0.717, 1.165) is 25.7 Å². The molecule has 1 aliphatic rings. The van der Waals surface area contributed by atoms with Crippen LogP contribution < -0.4 is 5.73 Å². The van der Waals surface area contributed by atoms with E-state index in [-0.39, 0.29) is 23.9 Å². The van der Waals surface area contributed by atoms with Crippen LogP contribution in [0, 0.1) is 5.92 Å². The van der Waals surface area contributed by atoms with Crippen molar-refractivity contribution in [3.8, 4) is 0 Å². The van der Waals surface area contributed by atoms with Gasteiger partial charge >= 0.3 is 0 Å². The Morgan fingerprint density at radius 3 is 2.62 bits per heavy atom. The molecule has 0 spiro atoms. The molecule has 16 heavy (non-hydrogen) atoms. The summed E-state index contributed by atoms with van der Waals surface area (Å²) in [6.07, 6.45) is 6.00. The number of carbonyl (C=O) groups excluding carboxylic acids is 1. The highest BCUT2D eigenvalue weighted by molar-refractivity contribution is 5.80. The molecule has 0 radical (unpaired) electrons. The molecule has 1 fully saturated rings. The zero-order chi connectivity index (χ0) is 12.1. The van der Waals surface area contributed by atoms with Gasteiger partial charge in [0.1, 0.15) is 0 Å². The van der Waals surface area contributed by atoms with E-state index in [0.29, 0.717) is 6.54 Å². The van der Waals surface area contributed by atoms with Crippen LogP contribution in [-0.4, -0.2) is 29.4 Å². The third-order valence-corrected chi connectivity index (χ3v) is 3.37. The molecule has 2 unspecified atom stereocenters. The van der Waals surface area contributed by atoms with Crippen molar-refractivity contribution in [3.05, 3.63) is 12.7 Å². The number of hydrogen-bond donors (Lipinski definition) is 1. The van der Waals surface area contributed by atoms with Crippen molar-refractivity contribution in [2.24, 2.45) is 11.7 Å². The number of nitrogens with two attached hydrogens (primary N) is 1. The van der Waals surface area contributed by atoms with Crippen LogP contribution in [0.3, 0.4) is 0 Å². The topological polar surface area (TPSA) is 46.3 Å². The molecule has 1 rings (SSSR count). The highest BCUT2D eigenvalue weighted by atomic mass is 16.2. The summed E-state index contributed by atoms with van der Waals surface area (Å²) in [5.74, 6) is 0.234. The van der Waals surface area contributed by atoms with E-state index in [9.17, 15) is 4.79 Å². The van der Waals surface area contributed by atoms with E-state index >= 15 is 0 Å². The van der Waals surface area contributed by atoms with Gasteiger partial charge in [0, 0.05) is 18.6 Å². The Bertz CT molecular complexity index is 250. The summed E-state index contributed by atoms with van der Waals surface area (Å²) in [4.78, 5) is 14.2. The van der Waals surface area contributed by atoms with Gasteiger partial charge in [0.15, 0.2) is 0 Å². The summed E-state index contributed by atoms with van der Waals surface area (Å²) in [6, 6.07) is 0.270. The minimum atomic E-state index is 0.0242. The van der Waals surface area contributed by atoms with Gasteiger partial charge in [0.25, 0.3) is 0 Å². The maximum Gasteiger partial charge on any atom is 0.227 e. The maximum absolute atomic E-state index is 12.3. The second-order valence-electron chi connectivity index (χ2n) is 4.93. The number of carbonyl (C=O) groups is 1. The molecule has 92 valence electrons. The first-order chi connectivity index (χ1) is 7.57. The van der Waals surface area contributed by atoms with E-state index in [2.05, 4.69) is 6.58 Å². The Morgan fingerprint density at radius 1 is 1.50 bits per heavy atom. The molecule has 3 heteroatoms. The lowest BCUT2D eigenvalue weighted by Crippen LogP contribution is -2.48. The Morgan fingerprint density at radius 2 is 2.12 bits per heavy atom. The van der Waals surface area contributed by atoms with Crippen LogP contribution in [-0.2, 0) is 4.79 Å². The van der Waals surface area contributed by atoms with Crippen molar-refractivity contribution in [2.75, 3.05) is 6.54 Å². The summed E-state index contributed by atoms with van der Waals surface area (Å²) in [7, 11) is 0. The standard InChI is InChI=1S/C13H24N2O/c1-4-9-15(10(2)3)13(16)11-7-5-6-8-12(11)14/h4,10-12H,1,5-9,14H2,2-3H3. The zero-order valence-electron chi connectivity index (χ0n) is 10.5. The number of rotatable bonds is 4. The third kappa shape index (κ3) is 3.08. The van der Waals surface area contributed by atoms with Gasteiger partial charge in [-0.3, -0.25) is 4.79 Å². The van der Waals surface area contributed by atoms with Crippen LogP contribution in [0.25, 0.3) is 0 Å². The Labute approximate surface area is 98.7 Å². The molecule has 0 aliphatic heterocycles. The quantitative estimate of drug-likeness (QED) is 0.742. The summed E-state index contributed by atoms with van der Waals surface area (Å²) < 4.78 is 0. The SMILES string of the molecule is C=CCN(C(=O)C1CCCCC1N)C(C)C. The van der Waals surface area contributed by atoms with Crippen LogP contribution in [0.5, 0.6) is 0 Å². The highest BCUT2D eigenvalue weighted by Crippen LogP contribution is 2.25. The van der Waals surface area contributed by atoms with Gasteiger partial charge < -0.3 is 10.6 Å². The Hall–Kier alpha value is -0.830. The molecule has 0 heterocycles. The van der Waals surface area contributed by atoms with Gasteiger partial charge in [-0.2, -0.15) is 0 Å². The molecule has 0 saturated heterocycles. The van der Waals surface area contributed by atoms with Crippen LogP contribution in [0.2, 0.25) is 0 Å². The normalized spacial score (nSPS) is 25.5. The lowest BCUT2D eigenvalue weighted by molar-refractivity contribution is -0.138. The summed E-state index contributed by atoms with van der Waals surface area (Å²) in [5.41, 5.74) is 6.04. The minimum absolute atomic E-state index is 0.0242. The molecule has 3 nitrogen and oxygen atoms in total. The van der Waals surface area contributed by atoms with Gasteiger partial charge in [-0.25, -0.2) is 0 Å². The van der Waals surface area contributed by atoms with E-state index in [1.807, 2.05) is 18.7 Å². The number of hydrogen-bond acceptors (Lipinski definition) is 2. The molecule has 0 aromatic heterocycles. The molecule has 2 N–H and O–H groups in total. The molecule has 1 aliphatic carbocycles. The molecule has 0 bridgehead atoms. The Balaban J connectivity index is 2.68. The van der Waals surface area contributed by atoms with Gasteiger partial charge in [0.2, 0.25) is 5.91 Å². The van der Waals surface area contributed by atoms with Gasteiger partial charge in [0.05, 0.1) is 5.92 Å². The van der Waals surface area contributed by atoms with Crippen molar-refractivity contribution in [2.45, 2.75) is 51.6 Å². The Kier molecular flexibility index (Phi) is 5.00. The first-order valence-corrected chi connectivity index (χ1v) is 6.25. The first kappa shape index (κ1) is 13.2. The summed E-state index contributed by atoms with van der Waals surface area (Å²) in [6.45, 7) is 8.40. The zero-order valence-corrected chi connectivity index (χ0v) is 10.5. The lowest BCUT2D eigenvalue weighted by atomic mass is 9.84. The first-order valence-electron chi connectivity index (χ1n) is 6.25. The van der Waals surface area contributed by atoms with E-state index in [1.165, 1.54) is 0 Å². The monoisotopic (exact) mass is 224 g/mol. The van der Waals surface area contributed by atoms with Crippen LogP contribution >= 0.6 is 0 Å². The predicted molar refractivity (Wildman–Crippen MR) is 67.0 cm³/mol. The lowest BCUT2D eigenvalue weighted by Gasteiger charge is -2.34. The van der Waals surface area contributed by atoms with Crippen molar-refractivity contribution in [1.82, 2.24) is 4.90 Å². The largest absolute Gasteiger partial charge is 0.336 e. The molecular formula is C13H24N2O. The van der Waals surface area contributed by atoms with Gasteiger partial charge in [-0.05, 0) is 26.7 Å². The maximum atomic E-state index is 12.3. The van der Waals surface area contributed by atoms with Crippen molar-refractivity contribution in [3.63, 3.8) is 0 Å². The van der Waals surface area contributed by atoms with Crippen LogP contribution in [0.1, 0.15) is 39.5 Å². The molecular weight excluding hydrogens is 200 g/mol. The third-order valence-electron chi connectivity index (χ3n) is 3.37. The average molecular weight is 224 g/mol. The fourth-order valence-electron chi connectivity index (χ4n) is 2.37. The number of nitrogens with zero attached hydrogens (tertiary/aromatic N) is 1. The summed E-state index contributed by atoms with van der Waals surface area (Å²) in [5, 5.41) is 0. The van der Waals surface area contributed by atoms with E-state index in [1.54, 1.807) is 6.08 Å². The van der Waals surface area contributed by atoms with Gasteiger partial charge in [-0.1, -0.05) is 18.9 Å². The fraction of sp³-hybridized carbons (Fsp3) is 0.769. The fourth-order valence-corrected chi connectivity index (χ4v) is 2.37. The smallest absolute Gasteiger partial charge is 0.227 e. The van der Waals surface area contributed by atoms with Crippen molar-refractivity contribution < 1.29 is 4.79 Å². The number of amides is 1. The molecule has 0 aromatic rings. The predicted octanol–water partition coefficient (Wildman–Crippen LogP) is 1.93. The second-order valence-corrected chi connectivity index (χ2v) is 4.93. The second kappa shape index (κ2) is 6.04. The average Bonchev–Trinajstić information content (AvgIpc) is 2.25. The van der Waals surface area contributed by atoms with Crippen molar-refractivity contribution >= 4 is 5.91 Å². The van der Waals surface area contributed by atoms with Gasteiger partial charge in [-0.15, -0.1) is 6.58 Å². The van der Waals surface area contributed by atoms with Crippen LogP contribution in [0.4, 0.5) is 0 Å². The minimum Gasteiger partial charge on any atom is -0.336 e. The molecule has 0 aromatic carbocycles. The molecule has 1 saturated carbocycles. The van der Waals surface area contributed by atoms with E-state index < -0.39 is 0 Å².